The van der Waals surface area contributed by atoms with Crippen LogP contribution in [0.5, 0.6) is 0 Å². The van der Waals surface area contributed by atoms with E-state index in [-0.39, 0.29) is 5.41 Å². The monoisotopic (exact) mass is 388 g/mol. The molecule has 0 radical (unpaired) electrons. The zero-order chi connectivity index (χ0) is 17.2. The Balaban J connectivity index is 2.00. The topological polar surface area (TPSA) is 17.8 Å². The molecule has 5 rings (SSSR count). The van der Waals surface area contributed by atoms with E-state index < -0.39 is 0 Å². The van der Waals surface area contributed by atoms with Gasteiger partial charge in [-0.1, -0.05) is 78.3 Å². The molecule has 0 spiro atoms. The quantitative estimate of drug-likeness (QED) is 0.385. The third kappa shape index (κ3) is 1.99. The van der Waals surface area contributed by atoms with E-state index in [1.807, 2.05) is 6.07 Å². The number of rotatable bonds is 1. The van der Waals surface area contributed by atoms with Crippen LogP contribution in [0.2, 0.25) is 0 Å². The normalized spacial score (nSPS) is 14.5. The second-order valence-electron chi connectivity index (χ2n) is 7.10. The Morgan fingerprint density at radius 2 is 1.60 bits per heavy atom. The van der Waals surface area contributed by atoms with Crippen molar-refractivity contribution in [3.05, 3.63) is 82.3 Å². The van der Waals surface area contributed by atoms with Crippen molar-refractivity contribution in [2.75, 3.05) is 0 Å². The van der Waals surface area contributed by atoms with Crippen molar-refractivity contribution >= 4 is 27.0 Å². The maximum absolute atomic E-state index is 5.01. The molecule has 4 aromatic rings. The molecule has 0 aliphatic carbocycles. The third-order valence-electron chi connectivity index (χ3n) is 5.24. The van der Waals surface area contributed by atoms with Gasteiger partial charge in [0.05, 0.1) is 16.7 Å². The van der Waals surface area contributed by atoms with Gasteiger partial charge in [0.15, 0.2) is 0 Å². The van der Waals surface area contributed by atoms with E-state index in [2.05, 4.69) is 95.0 Å². The lowest BCUT2D eigenvalue weighted by Gasteiger charge is -2.34. The molecule has 0 amide bonds. The highest BCUT2D eigenvalue weighted by molar-refractivity contribution is 9.10. The summed E-state index contributed by atoms with van der Waals surface area (Å²) in [4.78, 5) is 5.01. The predicted octanol–water partition coefficient (Wildman–Crippen LogP) is 6.09. The molecule has 0 N–H and O–H groups in total. The van der Waals surface area contributed by atoms with E-state index >= 15 is 0 Å². The van der Waals surface area contributed by atoms with Crippen molar-refractivity contribution in [1.29, 1.82) is 0 Å². The van der Waals surface area contributed by atoms with Crippen LogP contribution in [0, 0.1) is 0 Å². The Morgan fingerprint density at radius 1 is 0.880 bits per heavy atom. The molecule has 0 atom stereocenters. The van der Waals surface area contributed by atoms with Gasteiger partial charge >= 0.3 is 0 Å². The van der Waals surface area contributed by atoms with Crippen LogP contribution in [0.4, 0.5) is 0 Å². The maximum Gasteiger partial charge on any atom is 0.145 e. The molecule has 2 nitrogen and oxygen atoms in total. The number of imidazole rings is 1. The highest BCUT2D eigenvalue weighted by Gasteiger charge is 2.35. The van der Waals surface area contributed by atoms with Gasteiger partial charge in [-0.2, -0.15) is 0 Å². The van der Waals surface area contributed by atoms with Crippen LogP contribution in [0.3, 0.4) is 0 Å². The maximum atomic E-state index is 5.01. The highest BCUT2D eigenvalue weighted by atomic mass is 79.9. The predicted molar refractivity (Wildman–Crippen MR) is 106 cm³/mol. The molecule has 0 saturated carbocycles. The number of para-hydroxylation sites is 1. The summed E-state index contributed by atoms with van der Waals surface area (Å²) < 4.78 is 3.40. The first-order chi connectivity index (χ1) is 12.1. The zero-order valence-electron chi connectivity index (χ0n) is 14.1. The number of hydrogen-bond donors (Lipinski definition) is 0. The molecule has 3 heteroatoms. The summed E-state index contributed by atoms with van der Waals surface area (Å²) >= 11 is 3.68. The summed E-state index contributed by atoms with van der Waals surface area (Å²) in [6.45, 7) is 4.59. The zero-order valence-corrected chi connectivity index (χ0v) is 15.7. The van der Waals surface area contributed by atoms with E-state index in [9.17, 15) is 0 Å². The van der Waals surface area contributed by atoms with Gasteiger partial charge in [0, 0.05) is 15.5 Å². The first-order valence-corrected chi connectivity index (χ1v) is 9.24. The minimum absolute atomic E-state index is 0.0669. The lowest BCUT2D eigenvalue weighted by Crippen LogP contribution is -2.26. The van der Waals surface area contributed by atoms with Crippen LogP contribution in [0.1, 0.15) is 25.0 Å². The molecule has 0 fully saturated rings. The van der Waals surface area contributed by atoms with E-state index in [4.69, 9.17) is 4.98 Å². The van der Waals surface area contributed by atoms with Crippen molar-refractivity contribution in [2.24, 2.45) is 0 Å². The minimum atomic E-state index is -0.0669. The molecule has 3 aromatic carbocycles. The fraction of sp³-hybridized carbons (Fsp3) is 0.136. The van der Waals surface area contributed by atoms with Crippen molar-refractivity contribution in [3.63, 3.8) is 0 Å². The Bertz CT molecular complexity index is 1120. The summed E-state index contributed by atoms with van der Waals surface area (Å²) in [6.07, 6.45) is 0. The summed E-state index contributed by atoms with van der Waals surface area (Å²) in [5.74, 6) is 0.998. The lowest BCUT2D eigenvalue weighted by atomic mass is 9.75. The summed E-state index contributed by atoms with van der Waals surface area (Å²) in [5.41, 5.74) is 7.18. The molecule has 122 valence electrons. The number of benzene rings is 3. The van der Waals surface area contributed by atoms with Crippen molar-refractivity contribution < 1.29 is 0 Å². The second kappa shape index (κ2) is 5.06. The smallest absolute Gasteiger partial charge is 0.145 e. The Morgan fingerprint density at radius 3 is 2.40 bits per heavy atom. The van der Waals surface area contributed by atoms with Crippen LogP contribution in [-0.4, -0.2) is 9.55 Å². The minimum Gasteiger partial charge on any atom is -0.292 e. The third-order valence-corrected chi connectivity index (χ3v) is 5.70. The van der Waals surface area contributed by atoms with Gasteiger partial charge in [-0.3, -0.25) is 4.57 Å². The van der Waals surface area contributed by atoms with Crippen LogP contribution >= 0.6 is 15.9 Å². The van der Waals surface area contributed by atoms with Crippen LogP contribution < -0.4 is 0 Å². The summed E-state index contributed by atoms with van der Waals surface area (Å²) in [5, 5.41) is 0. The number of halogens is 1. The average molecular weight is 389 g/mol. The first-order valence-electron chi connectivity index (χ1n) is 8.45. The fourth-order valence-electron chi connectivity index (χ4n) is 4.01. The molecular formula is C22H17BrN2. The number of nitrogens with zero attached hydrogens (tertiary/aromatic N) is 2. The van der Waals surface area contributed by atoms with Gasteiger partial charge in [-0.25, -0.2) is 4.98 Å². The molecule has 1 aliphatic rings. The molecule has 0 unspecified atom stereocenters. The fourth-order valence-corrected chi connectivity index (χ4v) is 4.45. The van der Waals surface area contributed by atoms with Gasteiger partial charge < -0.3 is 0 Å². The van der Waals surface area contributed by atoms with Gasteiger partial charge in [-0.05, 0) is 29.3 Å². The van der Waals surface area contributed by atoms with Crippen molar-refractivity contribution in [2.45, 2.75) is 19.3 Å². The van der Waals surface area contributed by atoms with Gasteiger partial charge in [0.2, 0.25) is 0 Å². The number of fused-ring (bicyclic) bond motifs is 2. The van der Waals surface area contributed by atoms with Gasteiger partial charge in [0.25, 0.3) is 0 Å². The van der Waals surface area contributed by atoms with E-state index in [0.29, 0.717) is 0 Å². The SMILES string of the molecule is CC1(C)c2ccccc2-n2c(-c3ccccc3)nc3cc(Br)cc1c32. The van der Waals surface area contributed by atoms with Crippen molar-refractivity contribution in [3.8, 4) is 17.1 Å². The molecule has 2 heterocycles. The van der Waals surface area contributed by atoms with Crippen LogP contribution in [0.15, 0.2) is 71.2 Å². The Labute approximate surface area is 155 Å². The van der Waals surface area contributed by atoms with Crippen molar-refractivity contribution in [1.82, 2.24) is 9.55 Å². The molecular weight excluding hydrogens is 372 g/mol. The molecule has 0 saturated heterocycles. The first kappa shape index (κ1) is 14.9. The van der Waals surface area contributed by atoms with Gasteiger partial charge in [0.1, 0.15) is 5.82 Å². The molecule has 25 heavy (non-hydrogen) atoms. The highest BCUT2D eigenvalue weighted by Crippen LogP contribution is 2.46. The number of aromatic nitrogens is 2. The largest absolute Gasteiger partial charge is 0.292 e. The van der Waals surface area contributed by atoms with Crippen LogP contribution in [-0.2, 0) is 5.41 Å². The molecule has 1 aliphatic heterocycles. The average Bonchev–Trinajstić information content (AvgIpc) is 3.00. The summed E-state index contributed by atoms with van der Waals surface area (Å²) in [6, 6.07) is 23.5. The van der Waals surface area contributed by atoms with E-state index in [1.165, 1.54) is 22.3 Å². The van der Waals surface area contributed by atoms with E-state index in [0.717, 1.165) is 21.4 Å². The summed E-state index contributed by atoms with van der Waals surface area (Å²) in [7, 11) is 0. The standard InChI is InChI=1S/C22H17BrN2/c1-22(2)16-10-6-7-11-19(16)25-20-17(22)12-15(23)13-18(20)24-21(25)14-8-4-3-5-9-14/h3-13H,1-2H3. The number of hydrogen-bond acceptors (Lipinski definition) is 1. The lowest BCUT2D eigenvalue weighted by molar-refractivity contribution is 0.628. The Hall–Kier alpha value is -2.39. The van der Waals surface area contributed by atoms with Crippen LogP contribution in [0.25, 0.3) is 28.1 Å². The Kier molecular flexibility index (Phi) is 3.02. The second-order valence-corrected chi connectivity index (χ2v) is 8.02. The van der Waals surface area contributed by atoms with E-state index in [1.54, 1.807) is 0 Å². The molecule has 0 bridgehead atoms. The van der Waals surface area contributed by atoms with Gasteiger partial charge in [-0.15, -0.1) is 0 Å². The molecule has 1 aromatic heterocycles.